The van der Waals surface area contributed by atoms with Crippen LogP contribution in [0.25, 0.3) is 10.9 Å². The SMILES string of the molecule is O=C1c2ccccc2C(=O)N1c1n[nH]c2ccccc12. The van der Waals surface area contributed by atoms with E-state index in [9.17, 15) is 9.59 Å². The molecular weight excluding hydrogens is 254 g/mol. The smallest absolute Gasteiger partial charge is 0.267 e. The van der Waals surface area contributed by atoms with Gasteiger partial charge in [-0.25, -0.2) is 4.90 Å². The number of rotatable bonds is 1. The van der Waals surface area contributed by atoms with Gasteiger partial charge in [-0.15, -0.1) is 0 Å². The fraction of sp³-hybridized carbons (Fsp3) is 0. The Balaban J connectivity index is 1.93. The van der Waals surface area contributed by atoms with Crippen molar-refractivity contribution in [3.05, 3.63) is 59.7 Å². The Morgan fingerprint density at radius 1 is 0.850 bits per heavy atom. The van der Waals surface area contributed by atoms with Gasteiger partial charge in [-0.05, 0) is 24.3 Å². The number of carbonyl (C=O) groups excluding carboxylic acids is 2. The Bertz CT molecular complexity index is 831. The predicted octanol–water partition coefficient (Wildman–Crippen LogP) is 2.36. The van der Waals surface area contributed by atoms with Crippen LogP contribution in [0.1, 0.15) is 20.7 Å². The molecule has 2 heterocycles. The highest BCUT2D eigenvalue weighted by molar-refractivity contribution is 6.35. The number of hydrogen-bond donors (Lipinski definition) is 1. The third-order valence-electron chi connectivity index (χ3n) is 3.46. The summed E-state index contributed by atoms with van der Waals surface area (Å²) in [5.41, 5.74) is 1.63. The third kappa shape index (κ3) is 1.29. The van der Waals surface area contributed by atoms with Gasteiger partial charge in [-0.1, -0.05) is 24.3 Å². The molecule has 0 fully saturated rings. The van der Waals surface area contributed by atoms with Crippen molar-refractivity contribution in [2.75, 3.05) is 4.90 Å². The molecule has 0 atom stereocenters. The lowest BCUT2D eigenvalue weighted by Crippen LogP contribution is -2.29. The molecule has 3 aromatic rings. The first kappa shape index (κ1) is 10.9. The van der Waals surface area contributed by atoms with Crippen LogP contribution >= 0.6 is 0 Å². The van der Waals surface area contributed by atoms with Gasteiger partial charge in [-0.3, -0.25) is 14.7 Å². The molecule has 0 unspecified atom stereocenters. The highest BCUT2D eigenvalue weighted by Crippen LogP contribution is 2.31. The molecule has 20 heavy (non-hydrogen) atoms. The first-order chi connectivity index (χ1) is 9.77. The van der Waals surface area contributed by atoms with Crippen molar-refractivity contribution in [1.29, 1.82) is 0 Å². The van der Waals surface area contributed by atoms with E-state index in [4.69, 9.17) is 0 Å². The number of nitrogens with zero attached hydrogens (tertiary/aromatic N) is 2. The minimum atomic E-state index is -0.331. The molecule has 5 heteroatoms. The van der Waals surface area contributed by atoms with Gasteiger partial charge in [0.2, 0.25) is 0 Å². The van der Waals surface area contributed by atoms with E-state index in [1.165, 1.54) is 0 Å². The van der Waals surface area contributed by atoms with E-state index in [1.807, 2.05) is 24.3 Å². The van der Waals surface area contributed by atoms with Crippen LogP contribution < -0.4 is 4.90 Å². The molecule has 0 saturated heterocycles. The van der Waals surface area contributed by atoms with Crippen molar-refractivity contribution in [2.45, 2.75) is 0 Å². The van der Waals surface area contributed by atoms with Crippen molar-refractivity contribution < 1.29 is 9.59 Å². The summed E-state index contributed by atoms with van der Waals surface area (Å²) in [5, 5.41) is 7.71. The normalized spacial score (nSPS) is 14.1. The number of fused-ring (bicyclic) bond motifs is 2. The van der Waals surface area contributed by atoms with E-state index >= 15 is 0 Å². The molecule has 1 N–H and O–H groups in total. The van der Waals surface area contributed by atoms with Crippen LogP contribution in [0.15, 0.2) is 48.5 Å². The van der Waals surface area contributed by atoms with Crippen LogP contribution in [0.5, 0.6) is 0 Å². The number of para-hydroxylation sites is 1. The first-order valence-corrected chi connectivity index (χ1v) is 6.18. The maximum atomic E-state index is 12.4. The van der Waals surface area contributed by atoms with Gasteiger partial charge in [0, 0.05) is 5.39 Å². The highest BCUT2D eigenvalue weighted by Gasteiger charge is 2.38. The number of aromatic nitrogens is 2. The summed E-state index contributed by atoms with van der Waals surface area (Å²) in [6.45, 7) is 0. The summed E-state index contributed by atoms with van der Waals surface area (Å²) in [7, 11) is 0. The largest absolute Gasteiger partial charge is 0.276 e. The number of imide groups is 1. The van der Waals surface area contributed by atoms with Crippen LogP contribution in [-0.4, -0.2) is 22.0 Å². The molecule has 5 nitrogen and oxygen atoms in total. The summed E-state index contributed by atoms with van der Waals surface area (Å²) in [6, 6.07) is 14.2. The van der Waals surface area contributed by atoms with Crippen LogP contribution in [0.2, 0.25) is 0 Å². The molecule has 96 valence electrons. The number of aromatic amines is 1. The van der Waals surface area contributed by atoms with Crippen molar-refractivity contribution in [3.63, 3.8) is 0 Å². The molecule has 2 aromatic carbocycles. The molecule has 0 saturated carbocycles. The van der Waals surface area contributed by atoms with Gasteiger partial charge in [0.05, 0.1) is 16.6 Å². The van der Waals surface area contributed by atoms with Crippen molar-refractivity contribution in [3.8, 4) is 0 Å². The van der Waals surface area contributed by atoms with E-state index in [1.54, 1.807) is 24.3 Å². The van der Waals surface area contributed by atoms with E-state index in [0.29, 0.717) is 16.9 Å². The van der Waals surface area contributed by atoms with Gasteiger partial charge in [0.1, 0.15) is 0 Å². The summed E-state index contributed by atoms with van der Waals surface area (Å²) < 4.78 is 0. The lowest BCUT2D eigenvalue weighted by molar-refractivity contribution is 0.0925. The molecule has 0 radical (unpaired) electrons. The highest BCUT2D eigenvalue weighted by atomic mass is 16.2. The van der Waals surface area contributed by atoms with Crippen LogP contribution in [0, 0.1) is 0 Å². The molecule has 4 rings (SSSR count). The van der Waals surface area contributed by atoms with Crippen LogP contribution in [0.3, 0.4) is 0 Å². The standard InChI is InChI=1S/C15H9N3O2/c19-14-9-5-1-2-6-10(9)15(20)18(14)13-11-7-3-4-8-12(11)16-17-13/h1-8H,(H,16,17). The number of hydrogen-bond acceptors (Lipinski definition) is 3. The van der Waals surface area contributed by atoms with Crippen molar-refractivity contribution >= 4 is 28.5 Å². The van der Waals surface area contributed by atoms with Gasteiger partial charge < -0.3 is 0 Å². The Morgan fingerprint density at radius 2 is 1.45 bits per heavy atom. The molecule has 1 aromatic heterocycles. The van der Waals surface area contributed by atoms with Crippen LogP contribution in [-0.2, 0) is 0 Å². The second-order valence-electron chi connectivity index (χ2n) is 4.58. The second kappa shape index (κ2) is 3.77. The Labute approximate surface area is 113 Å². The molecule has 1 aliphatic heterocycles. The minimum absolute atomic E-state index is 0.331. The second-order valence-corrected chi connectivity index (χ2v) is 4.58. The average molecular weight is 263 g/mol. The topological polar surface area (TPSA) is 66.1 Å². The van der Waals surface area contributed by atoms with E-state index < -0.39 is 0 Å². The zero-order valence-corrected chi connectivity index (χ0v) is 10.3. The summed E-state index contributed by atoms with van der Waals surface area (Å²) in [4.78, 5) is 25.9. The Kier molecular flexibility index (Phi) is 2.06. The number of amides is 2. The zero-order chi connectivity index (χ0) is 13.7. The minimum Gasteiger partial charge on any atom is -0.276 e. The number of nitrogens with one attached hydrogen (secondary N) is 1. The van der Waals surface area contributed by atoms with E-state index in [-0.39, 0.29) is 11.8 Å². The fourth-order valence-electron chi connectivity index (χ4n) is 2.50. The molecule has 2 amide bonds. The van der Waals surface area contributed by atoms with E-state index in [2.05, 4.69) is 10.2 Å². The van der Waals surface area contributed by atoms with Crippen LogP contribution in [0.4, 0.5) is 5.82 Å². The molecule has 0 spiro atoms. The number of benzene rings is 2. The van der Waals surface area contributed by atoms with Gasteiger partial charge in [0.25, 0.3) is 11.8 Å². The van der Waals surface area contributed by atoms with Crippen molar-refractivity contribution in [1.82, 2.24) is 10.2 Å². The summed E-state index contributed by atoms with van der Waals surface area (Å²) >= 11 is 0. The van der Waals surface area contributed by atoms with Crippen molar-refractivity contribution in [2.24, 2.45) is 0 Å². The lowest BCUT2D eigenvalue weighted by Gasteiger charge is -2.10. The lowest BCUT2D eigenvalue weighted by atomic mass is 10.1. The Morgan fingerprint density at radius 3 is 2.15 bits per heavy atom. The van der Waals surface area contributed by atoms with E-state index in [0.717, 1.165) is 15.8 Å². The summed E-state index contributed by atoms with van der Waals surface area (Å²) in [5.74, 6) is -0.308. The molecule has 1 aliphatic rings. The Hall–Kier alpha value is -2.95. The maximum absolute atomic E-state index is 12.4. The average Bonchev–Trinajstić information content (AvgIpc) is 3.01. The monoisotopic (exact) mass is 263 g/mol. The number of carbonyl (C=O) groups is 2. The predicted molar refractivity (Wildman–Crippen MR) is 73.7 cm³/mol. The fourth-order valence-corrected chi connectivity index (χ4v) is 2.50. The molecule has 0 bridgehead atoms. The molecular formula is C15H9N3O2. The number of H-pyrrole nitrogens is 1. The van der Waals surface area contributed by atoms with Gasteiger partial charge >= 0.3 is 0 Å². The van der Waals surface area contributed by atoms with Gasteiger partial charge in [0.15, 0.2) is 5.82 Å². The quantitative estimate of drug-likeness (QED) is 0.685. The zero-order valence-electron chi connectivity index (χ0n) is 10.3. The summed E-state index contributed by atoms with van der Waals surface area (Å²) in [6.07, 6.45) is 0. The third-order valence-corrected chi connectivity index (χ3v) is 3.46. The molecule has 0 aliphatic carbocycles. The first-order valence-electron chi connectivity index (χ1n) is 6.18. The van der Waals surface area contributed by atoms with Gasteiger partial charge in [-0.2, -0.15) is 5.10 Å². The maximum Gasteiger partial charge on any atom is 0.267 e. The number of anilines is 1.